The van der Waals surface area contributed by atoms with Crippen LogP contribution >= 0.6 is 0 Å². The zero-order chi connectivity index (χ0) is 10.3. The number of hydrogen-bond acceptors (Lipinski definition) is 3. The molecule has 1 aliphatic carbocycles. The lowest BCUT2D eigenvalue weighted by Crippen LogP contribution is -2.11. The summed E-state index contributed by atoms with van der Waals surface area (Å²) in [5.74, 6) is 2.52. The molecular weight excluding hydrogens is 190 g/mol. The third-order valence-electron chi connectivity index (χ3n) is 3.11. The number of para-hydroxylation sites is 1. The zero-order valence-corrected chi connectivity index (χ0v) is 8.61. The standard InChI is InChI=1S/C12H15NO2/c13-10(6-8-4-5-8)9-2-1-3-11-12(9)15-7-14-11/h1-3,8,10H,4-7,13H2/t10-/m0/s1. The van der Waals surface area contributed by atoms with E-state index in [-0.39, 0.29) is 6.04 Å². The normalized spacial score (nSPS) is 20.3. The number of benzene rings is 1. The number of hydrogen-bond donors (Lipinski definition) is 1. The Bertz CT molecular complexity index is 374. The van der Waals surface area contributed by atoms with Gasteiger partial charge in [-0.3, -0.25) is 0 Å². The van der Waals surface area contributed by atoms with E-state index in [1.807, 2.05) is 18.2 Å². The molecule has 2 N–H and O–H groups in total. The van der Waals surface area contributed by atoms with Gasteiger partial charge in [0.1, 0.15) is 0 Å². The quantitative estimate of drug-likeness (QED) is 0.822. The highest BCUT2D eigenvalue weighted by Crippen LogP contribution is 2.42. The second-order valence-electron chi connectivity index (χ2n) is 4.37. The Morgan fingerprint density at radius 2 is 2.20 bits per heavy atom. The van der Waals surface area contributed by atoms with E-state index in [0.717, 1.165) is 29.4 Å². The molecule has 1 fully saturated rings. The van der Waals surface area contributed by atoms with Gasteiger partial charge in [-0.15, -0.1) is 0 Å². The van der Waals surface area contributed by atoms with E-state index in [1.165, 1.54) is 12.8 Å². The van der Waals surface area contributed by atoms with Crippen LogP contribution < -0.4 is 15.2 Å². The molecule has 1 saturated carbocycles. The third kappa shape index (κ3) is 1.67. The van der Waals surface area contributed by atoms with Crippen LogP contribution in [0.1, 0.15) is 30.9 Å². The molecule has 0 radical (unpaired) electrons. The molecule has 0 unspecified atom stereocenters. The van der Waals surface area contributed by atoms with Gasteiger partial charge in [-0.1, -0.05) is 25.0 Å². The minimum absolute atomic E-state index is 0.0918. The predicted molar refractivity (Wildman–Crippen MR) is 56.8 cm³/mol. The first-order valence-corrected chi connectivity index (χ1v) is 5.48. The molecule has 1 heterocycles. The van der Waals surface area contributed by atoms with Crippen LogP contribution in [0.25, 0.3) is 0 Å². The Balaban J connectivity index is 1.86. The molecule has 0 aromatic heterocycles. The number of ether oxygens (including phenoxy) is 2. The summed E-state index contributed by atoms with van der Waals surface area (Å²) in [7, 11) is 0. The molecule has 80 valence electrons. The highest BCUT2D eigenvalue weighted by atomic mass is 16.7. The summed E-state index contributed by atoms with van der Waals surface area (Å²) >= 11 is 0. The molecule has 2 aliphatic rings. The van der Waals surface area contributed by atoms with Crippen molar-refractivity contribution in [3.8, 4) is 11.5 Å². The molecule has 1 atom stereocenters. The first-order chi connectivity index (χ1) is 7.34. The van der Waals surface area contributed by atoms with Crippen LogP contribution in [0.3, 0.4) is 0 Å². The lowest BCUT2D eigenvalue weighted by molar-refractivity contribution is 0.173. The van der Waals surface area contributed by atoms with Gasteiger partial charge < -0.3 is 15.2 Å². The largest absolute Gasteiger partial charge is 0.454 e. The van der Waals surface area contributed by atoms with Gasteiger partial charge in [0, 0.05) is 11.6 Å². The van der Waals surface area contributed by atoms with Crippen molar-refractivity contribution >= 4 is 0 Å². The van der Waals surface area contributed by atoms with Gasteiger partial charge in [0.05, 0.1) is 0 Å². The molecular formula is C12H15NO2. The summed E-state index contributed by atoms with van der Waals surface area (Å²) in [5, 5.41) is 0. The van der Waals surface area contributed by atoms with Crippen molar-refractivity contribution in [2.75, 3.05) is 6.79 Å². The molecule has 15 heavy (non-hydrogen) atoms. The van der Waals surface area contributed by atoms with Gasteiger partial charge in [0.15, 0.2) is 11.5 Å². The van der Waals surface area contributed by atoms with Crippen molar-refractivity contribution in [1.29, 1.82) is 0 Å². The van der Waals surface area contributed by atoms with Crippen molar-refractivity contribution in [3.63, 3.8) is 0 Å². The molecule has 0 spiro atoms. The minimum atomic E-state index is 0.0918. The lowest BCUT2D eigenvalue weighted by Gasteiger charge is -2.13. The SMILES string of the molecule is N[C@@H](CC1CC1)c1cccc2c1OCO2. The van der Waals surface area contributed by atoms with E-state index in [9.17, 15) is 0 Å². The van der Waals surface area contributed by atoms with Crippen LogP contribution in [0.15, 0.2) is 18.2 Å². The van der Waals surface area contributed by atoms with E-state index >= 15 is 0 Å². The van der Waals surface area contributed by atoms with Crippen molar-refractivity contribution in [1.82, 2.24) is 0 Å². The number of fused-ring (bicyclic) bond motifs is 1. The van der Waals surface area contributed by atoms with E-state index < -0.39 is 0 Å². The summed E-state index contributed by atoms with van der Waals surface area (Å²) in [6, 6.07) is 6.04. The van der Waals surface area contributed by atoms with E-state index in [1.54, 1.807) is 0 Å². The van der Waals surface area contributed by atoms with E-state index in [4.69, 9.17) is 15.2 Å². The summed E-state index contributed by atoms with van der Waals surface area (Å²) in [4.78, 5) is 0. The number of nitrogens with two attached hydrogens (primary N) is 1. The van der Waals surface area contributed by atoms with Gasteiger partial charge in [-0.25, -0.2) is 0 Å². The maximum absolute atomic E-state index is 6.17. The first kappa shape index (κ1) is 9.04. The fourth-order valence-corrected chi connectivity index (χ4v) is 2.08. The summed E-state index contributed by atoms with van der Waals surface area (Å²) in [5.41, 5.74) is 7.27. The summed E-state index contributed by atoms with van der Waals surface area (Å²) in [6.07, 6.45) is 3.74. The fraction of sp³-hybridized carbons (Fsp3) is 0.500. The van der Waals surface area contributed by atoms with Crippen molar-refractivity contribution in [2.24, 2.45) is 11.7 Å². The molecule has 1 aromatic rings. The first-order valence-electron chi connectivity index (χ1n) is 5.48. The second kappa shape index (κ2) is 3.42. The highest BCUT2D eigenvalue weighted by Gasteiger charge is 2.27. The molecule has 0 amide bonds. The average molecular weight is 205 g/mol. The Morgan fingerprint density at radius 3 is 3.00 bits per heavy atom. The Hall–Kier alpha value is -1.22. The summed E-state index contributed by atoms with van der Waals surface area (Å²) in [6.45, 7) is 0.322. The Kier molecular flexibility index (Phi) is 2.06. The maximum Gasteiger partial charge on any atom is 0.231 e. The van der Waals surface area contributed by atoms with Crippen molar-refractivity contribution in [3.05, 3.63) is 23.8 Å². The molecule has 0 saturated heterocycles. The molecule has 3 nitrogen and oxygen atoms in total. The molecule has 3 rings (SSSR count). The zero-order valence-electron chi connectivity index (χ0n) is 8.61. The van der Waals surface area contributed by atoms with Crippen LogP contribution in [-0.2, 0) is 0 Å². The summed E-state index contributed by atoms with van der Waals surface area (Å²) < 4.78 is 10.8. The van der Waals surface area contributed by atoms with Crippen LogP contribution in [-0.4, -0.2) is 6.79 Å². The minimum Gasteiger partial charge on any atom is -0.454 e. The molecule has 1 aliphatic heterocycles. The van der Waals surface area contributed by atoms with Gasteiger partial charge >= 0.3 is 0 Å². The van der Waals surface area contributed by atoms with Crippen LogP contribution in [0.4, 0.5) is 0 Å². The fourth-order valence-electron chi connectivity index (χ4n) is 2.08. The lowest BCUT2D eigenvalue weighted by atomic mass is 10.0. The smallest absolute Gasteiger partial charge is 0.231 e. The Labute approximate surface area is 89.2 Å². The third-order valence-corrected chi connectivity index (χ3v) is 3.11. The predicted octanol–water partition coefficient (Wildman–Crippen LogP) is 2.22. The Morgan fingerprint density at radius 1 is 1.33 bits per heavy atom. The monoisotopic (exact) mass is 205 g/mol. The van der Waals surface area contributed by atoms with Crippen molar-refractivity contribution < 1.29 is 9.47 Å². The molecule has 1 aromatic carbocycles. The van der Waals surface area contributed by atoms with Gasteiger partial charge in [0.2, 0.25) is 6.79 Å². The van der Waals surface area contributed by atoms with Crippen LogP contribution in [0, 0.1) is 5.92 Å². The average Bonchev–Trinajstić information content (AvgIpc) is 2.93. The van der Waals surface area contributed by atoms with Gasteiger partial charge in [0.25, 0.3) is 0 Å². The molecule has 0 bridgehead atoms. The molecule has 3 heteroatoms. The van der Waals surface area contributed by atoms with Crippen LogP contribution in [0.2, 0.25) is 0 Å². The van der Waals surface area contributed by atoms with Gasteiger partial charge in [-0.05, 0) is 18.4 Å². The van der Waals surface area contributed by atoms with E-state index in [2.05, 4.69) is 0 Å². The number of rotatable bonds is 3. The van der Waals surface area contributed by atoms with E-state index in [0.29, 0.717) is 6.79 Å². The second-order valence-corrected chi connectivity index (χ2v) is 4.37. The maximum atomic E-state index is 6.17. The van der Waals surface area contributed by atoms with Gasteiger partial charge in [-0.2, -0.15) is 0 Å². The highest BCUT2D eigenvalue weighted by molar-refractivity contribution is 5.49. The van der Waals surface area contributed by atoms with Crippen LogP contribution in [0.5, 0.6) is 11.5 Å². The topological polar surface area (TPSA) is 44.5 Å². The van der Waals surface area contributed by atoms with Crippen molar-refractivity contribution in [2.45, 2.75) is 25.3 Å².